The minimum atomic E-state index is -0.457. The summed E-state index contributed by atoms with van der Waals surface area (Å²) < 4.78 is 0. The number of hydrogen-bond acceptors (Lipinski definition) is 2. The first kappa shape index (κ1) is 5.31. The minimum absolute atomic E-state index is 0.457. The van der Waals surface area contributed by atoms with E-state index in [0.717, 1.165) is 0 Å². The Morgan fingerprint density at radius 3 is 2.88 bits per heavy atom. The van der Waals surface area contributed by atoms with Gasteiger partial charge in [-0.25, -0.2) is 4.98 Å². The number of aliphatic hydroxyl groups is 1. The summed E-state index contributed by atoms with van der Waals surface area (Å²) in [5.41, 5.74) is 0.685. The van der Waals surface area contributed by atoms with Crippen LogP contribution >= 0.6 is 0 Å². The van der Waals surface area contributed by atoms with Crippen LogP contribution in [0, 0.1) is 0 Å². The standard InChI is InChI=1S/C5H8N2O/c1-4(8)5-2-6-3-7-5/h2-4,8H,1H3,(H,6,7). The van der Waals surface area contributed by atoms with Crippen LogP contribution in [-0.4, -0.2) is 15.1 Å². The van der Waals surface area contributed by atoms with E-state index in [-0.39, 0.29) is 0 Å². The van der Waals surface area contributed by atoms with Crippen molar-refractivity contribution in [2.24, 2.45) is 0 Å². The van der Waals surface area contributed by atoms with E-state index in [2.05, 4.69) is 9.97 Å². The van der Waals surface area contributed by atoms with Crippen LogP contribution in [-0.2, 0) is 0 Å². The van der Waals surface area contributed by atoms with E-state index >= 15 is 0 Å². The first-order chi connectivity index (χ1) is 3.80. The molecule has 0 saturated carbocycles. The lowest BCUT2D eigenvalue weighted by atomic mass is 10.3. The molecule has 0 aliphatic carbocycles. The number of aromatic amines is 1. The molecule has 0 aliphatic rings. The van der Waals surface area contributed by atoms with Crippen molar-refractivity contribution in [1.82, 2.24) is 9.97 Å². The van der Waals surface area contributed by atoms with Crippen LogP contribution in [0.5, 0.6) is 0 Å². The van der Waals surface area contributed by atoms with Crippen LogP contribution < -0.4 is 0 Å². The molecule has 2 N–H and O–H groups in total. The molecule has 0 radical (unpaired) electrons. The number of rotatable bonds is 1. The Labute approximate surface area is 47.4 Å². The molecule has 0 saturated heterocycles. The normalized spacial score (nSPS) is 13.8. The van der Waals surface area contributed by atoms with E-state index < -0.39 is 6.10 Å². The van der Waals surface area contributed by atoms with Gasteiger partial charge in [0, 0.05) is 6.20 Å². The van der Waals surface area contributed by atoms with Crippen LogP contribution in [0.4, 0.5) is 0 Å². The Morgan fingerprint density at radius 1 is 1.88 bits per heavy atom. The predicted molar refractivity (Wildman–Crippen MR) is 29.2 cm³/mol. The number of nitrogens with zero attached hydrogens (tertiary/aromatic N) is 1. The van der Waals surface area contributed by atoms with Crippen LogP contribution in [0.15, 0.2) is 12.5 Å². The lowest BCUT2D eigenvalue weighted by molar-refractivity contribution is 0.195. The number of H-pyrrole nitrogens is 1. The smallest absolute Gasteiger partial charge is 0.0947 e. The first-order valence-corrected chi connectivity index (χ1v) is 2.47. The number of aromatic nitrogens is 2. The Bertz CT molecular complexity index is 145. The average molecular weight is 112 g/mol. The molecular weight excluding hydrogens is 104 g/mol. The van der Waals surface area contributed by atoms with Crippen LogP contribution in [0.2, 0.25) is 0 Å². The molecule has 0 amide bonds. The summed E-state index contributed by atoms with van der Waals surface area (Å²) in [5, 5.41) is 8.83. The fourth-order valence-electron chi connectivity index (χ4n) is 0.500. The minimum Gasteiger partial charge on any atom is -0.387 e. The van der Waals surface area contributed by atoms with Gasteiger partial charge in [-0.1, -0.05) is 0 Å². The molecule has 1 unspecified atom stereocenters. The summed E-state index contributed by atoms with van der Waals surface area (Å²) in [6.07, 6.45) is 2.76. The lowest BCUT2D eigenvalue weighted by Gasteiger charge is -1.93. The summed E-state index contributed by atoms with van der Waals surface area (Å²) >= 11 is 0. The van der Waals surface area contributed by atoms with E-state index in [1.807, 2.05) is 0 Å². The van der Waals surface area contributed by atoms with Crippen molar-refractivity contribution in [3.63, 3.8) is 0 Å². The van der Waals surface area contributed by atoms with E-state index in [9.17, 15) is 0 Å². The maximum atomic E-state index is 8.83. The quantitative estimate of drug-likeness (QED) is 0.554. The third-order valence-electron chi connectivity index (χ3n) is 0.947. The van der Waals surface area contributed by atoms with Crippen molar-refractivity contribution in [2.45, 2.75) is 13.0 Å². The molecule has 1 aromatic heterocycles. The van der Waals surface area contributed by atoms with Crippen molar-refractivity contribution in [3.05, 3.63) is 18.2 Å². The van der Waals surface area contributed by atoms with E-state index in [0.29, 0.717) is 5.69 Å². The summed E-state index contributed by atoms with van der Waals surface area (Å²) in [5.74, 6) is 0. The van der Waals surface area contributed by atoms with Crippen molar-refractivity contribution in [2.75, 3.05) is 0 Å². The van der Waals surface area contributed by atoms with Crippen molar-refractivity contribution >= 4 is 0 Å². The topological polar surface area (TPSA) is 48.9 Å². The number of hydrogen-bond donors (Lipinski definition) is 2. The molecule has 1 atom stereocenters. The van der Waals surface area contributed by atoms with Crippen molar-refractivity contribution < 1.29 is 5.11 Å². The van der Waals surface area contributed by atoms with Gasteiger partial charge >= 0.3 is 0 Å². The molecule has 0 spiro atoms. The molecule has 3 heteroatoms. The van der Waals surface area contributed by atoms with Gasteiger partial charge in [0.2, 0.25) is 0 Å². The van der Waals surface area contributed by atoms with Crippen LogP contribution in [0.3, 0.4) is 0 Å². The van der Waals surface area contributed by atoms with Crippen molar-refractivity contribution in [3.8, 4) is 0 Å². The Hall–Kier alpha value is -0.830. The Kier molecular flexibility index (Phi) is 1.30. The van der Waals surface area contributed by atoms with Gasteiger partial charge in [0.25, 0.3) is 0 Å². The van der Waals surface area contributed by atoms with Gasteiger partial charge in [0.05, 0.1) is 18.1 Å². The number of nitrogens with one attached hydrogen (secondary N) is 1. The van der Waals surface area contributed by atoms with Gasteiger partial charge < -0.3 is 10.1 Å². The molecule has 0 fully saturated rings. The summed E-state index contributed by atoms with van der Waals surface area (Å²) in [6, 6.07) is 0. The highest BCUT2D eigenvalue weighted by Crippen LogP contribution is 2.04. The zero-order chi connectivity index (χ0) is 5.98. The fourth-order valence-corrected chi connectivity index (χ4v) is 0.500. The number of aliphatic hydroxyl groups excluding tert-OH is 1. The molecular formula is C5H8N2O. The van der Waals surface area contributed by atoms with Gasteiger partial charge in [-0.2, -0.15) is 0 Å². The van der Waals surface area contributed by atoms with Gasteiger partial charge in [0.15, 0.2) is 0 Å². The van der Waals surface area contributed by atoms with Gasteiger partial charge in [0.1, 0.15) is 0 Å². The predicted octanol–water partition coefficient (Wildman–Crippen LogP) is 0.463. The highest BCUT2D eigenvalue weighted by molar-refractivity contribution is 4.96. The molecule has 1 heterocycles. The zero-order valence-corrected chi connectivity index (χ0v) is 4.63. The Balaban J connectivity index is 2.77. The highest BCUT2D eigenvalue weighted by Gasteiger charge is 1.98. The van der Waals surface area contributed by atoms with Gasteiger partial charge in [-0.15, -0.1) is 0 Å². The third kappa shape index (κ3) is 0.869. The number of imidazole rings is 1. The average Bonchev–Trinajstić information content (AvgIpc) is 2.12. The second-order valence-electron chi connectivity index (χ2n) is 1.67. The molecule has 44 valence electrons. The maximum absolute atomic E-state index is 8.83. The summed E-state index contributed by atoms with van der Waals surface area (Å²) in [6.45, 7) is 1.68. The molecule has 0 bridgehead atoms. The van der Waals surface area contributed by atoms with Crippen molar-refractivity contribution in [1.29, 1.82) is 0 Å². The van der Waals surface area contributed by atoms with E-state index in [4.69, 9.17) is 5.11 Å². The van der Waals surface area contributed by atoms with Gasteiger partial charge in [-0.3, -0.25) is 0 Å². The zero-order valence-electron chi connectivity index (χ0n) is 4.63. The van der Waals surface area contributed by atoms with Crippen LogP contribution in [0.1, 0.15) is 18.7 Å². The molecule has 1 rings (SSSR count). The summed E-state index contributed by atoms with van der Waals surface area (Å²) in [4.78, 5) is 6.55. The molecule has 0 aromatic carbocycles. The second kappa shape index (κ2) is 1.96. The highest BCUT2D eigenvalue weighted by atomic mass is 16.3. The molecule has 0 aliphatic heterocycles. The van der Waals surface area contributed by atoms with E-state index in [1.165, 1.54) is 0 Å². The third-order valence-corrected chi connectivity index (χ3v) is 0.947. The summed E-state index contributed by atoms with van der Waals surface area (Å²) in [7, 11) is 0. The lowest BCUT2D eigenvalue weighted by Crippen LogP contribution is -1.88. The fraction of sp³-hybridized carbons (Fsp3) is 0.400. The van der Waals surface area contributed by atoms with E-state index in [1.54, 1.807) is 19.4 Å². The largest absolute Gasteiger partial charge is 0.387 e. The molecule has 8 heavy (non-hydrogen) atoms. The Morgan fingerprint density at radius 2 is 2.62 bits per heavy atom. The molecule has 3 nitrogen and oxygen atoms in total. The molecule has 1 aromatic rings. The monoisotopic (exact) mass is 112 g/mol. The van der Waals surface area contributed by atoms with Crippen LogP contribution in [0.25, 0.3) is 0 Å². The maximum Gasteiger partial charge on any atom is 0.0947 e. The first-order valence-electron chi connectivity index (χ1n) is 2.47. The van der Waals surface area contributed by atoms with Gasteiger partial charge in [-0.05, 0) is 6.92 Å². The second-order valence-corrected chi connectivity index (χ2v) is 1.67. The SMILES string of the molecule is CC(O)c1c[nH]cn1.